The van der Waals surface area contributed by atoms with Crippen molar-refractivity contribution >= 4 is 5.91 Å². The summed E-state index contributed by atoms with van der Waals surface area (Å²) in [5, 5.41) is 0. The fourth-order valence-electron chi connectivity index (χ4n) is 4.32. The lowest BCUT2D eigenvalue weighted by Crippen LogP contribution is -2.38. The molecule has 1 aromatic rings. The van der Waals surface area contributed by atoms with Crippen molar-refractivity contribution in [2.75, 3.05) is 26.4 Å². The van der Waals surface area contributed by atoms with Crippen LogP contribution in [0.25, 0.3) is 0 Å². The molecule has 3 heterocycles. The van der Waals surface area contributed by atoms with E-state index in [9.17, 15) is 4.79 Å². The van der Waals surface area contributed by atoms with E-state index in [-0.39, 0.29) is 5.92 Å². The van der Waals surface area contributed by atoms with Crippen LogP contribution >= 0.6 is 0 Å². The van der Waals surface area contributed by atoms with Gasteiger partial charge in [-0.15, -0.1) is 0 Å². The second-order valence-electron chi connectivity index (χ2n) is 7.80. The first-order valence-electron chi connectivity index (χ1n) is 9.20. The molecule has 2 saturated carbocycles. The van der Waals surface area contributed by atoms with Gasteiger partial charge >= 0.3 is 0 Å². The van der Waals surface area contributed by atoms with Crippen molar-refractivity contribution < 1.29 is 14.3 Å². The van der Waals surface area contributed by atoms with Crippen molar-refractivity contribution in [1.29, 1.82) is 0 Å². The molecule has 128 valence electrons. The summed E-state index contributed by atoms with van der Waals surface area (Å²) < 4.78 is 11.3. The fraction of sp³-hybridized carbons (Fsp3) is 0.684. The van der Waals surface area contributed by atoms with Crippen molar-refractivity contribution in [3.8, 4) is 0 Å². The van der Waals surface area contributed by atoms with Gasteiger partial charge in [0.05, 0.1) is 19.8 Å². The Morgan fingerprint density at radius 3 is 2.92 bits per heavy atom. The summed E-state index contributed by atoms with van der Waals surface area (Å²) in [4.78, 5) is 19.2. The second kappa shape index (κ2) is 5.81. The summed E-state index contributed by atoms with van der Waals surface area (Å²) in [7, 11) is 0. The Hall–Kier alpha value is -1.46. The third-order valence-corrected chi connectivity index (χ3v) is 6.09. The Balaban J connectivity index is 1.24. The van der Waals surface area contributed by atoms with Crippen LogP contribution in [0.5, 0.6) is 0 Å². The molecule has 24 heavy (non-hydrogen) atoms. The number of rotatable bonds is 5. The number of carbonyl (C=O) groups excluding carboxylic acids is 1. The number of pyridine rings is 1. The second-order valence-corrected chi connectivity index (χ2v) is 7.80. The number of nitrogens with zero attached hydrogens (tertiary/aromatic N) is 2. The molecule has 1 amide bonds. The van der Waals surface area contributed by atoms with Crippen molar-refractivity contribution in [3.05, 3.63) is 29.1 Å². The van der Waals surface area contributed by atoms with E-state index in [1.807, 2.05) is 17.3 Å². The van der Waals surface area contributed by atoms with Crippen LogP contribution in [0.4, 0.5) is 0 Å². The molecule has 4 aliphatic rings. The molecule has 2 aliphatic carbocycles. The van der Waals surface area contributed by atoms with Gasteiger partial charge in [0.1, 0.15) is 0 Å². The zero-order valence-corrected chi connectivity index (χ0v) is 13.9. The number of amides is 1. The largest absolute Gasteiger partial charge is 0.381 e. The smallest absolute Gasteiger partial charge is 0.226 e. The van der Waals surface area contributed by atoms with Gasteiger partial charge in [-0.05, 0) is 53.7 Å². The van der Waals surface area contributed by atoms with Gasteiger partial charge in [-0.1, -0.05) is 0 Å². The molecule has 1 saturated heterocycles. The van der Waals surface area contributed by atoms with Gasteiger partial charge in [-0.3, -0.25) is 9.78 Å². The van der Waals surface area contributed by atoms with E-state index in [0.29, 0.717) is 30.9 Å². The van der Waals surface area contributed by atoms with E-state index in [1.165, 1.54) is 29.5 Å². The molecule has 2 aliphatic heterocycles. The standard InChI is InChI=1S/C19H24N2O3/c22-19(18-16-10-24-11-17(16)18)21-4-3-15-13(7-21)5-20-6-14(15)9-23-8-12-1-2-12/h5-6,12,16-18H,1-4,7-11H2/t16-,17+,18?. The van der Waals surface area contributed by atoms with E-state index < -0.39 is 0 Å². The molecule has 0 aromatic carbocycles. The molecule has 5 nitrogen and oxygen atoms in total. The summed E-state index contributed by atoms with van der Waals surface area (Å²) in [6.07, 6.45) is 7.42. The summed E-state index contributed by atoms with van der Waals surface area (Å²) >= 11 is 0. The molecule has 3 fully saturated rings. The zero-order valence-electron chi connectivity index (χ0n) is 13.9. The van der Waals surface area contributed by atoms with Crippen molar-refractivity contribution in [2.24, 2.45) is 23.7 Å². The summed E-state index contributed by atoms with van der Waals surface area (Å²) in [5.41, 5.74) is 3.75. The summed E-state index contributed by atoms with van der Waals surface area (Å²) in [6.45, 7) is 4.60. The fourth-order valence-corrected chi connectivity index (χ4v) is 4.32. The highest BCUT2D eigenvalue weighted by molar-refractivity contribution is 5.83. The van der Waals surface area contributed by atoms with E-state index in [2.05, 4.69) is 4.98 Å². The van der Waals surface area contributed by atoms with Gasteiger partial charge in [0.2, 0.25) is 5.91 Å². The topological polar surface area (TPSA) is 51.7 Å². The normalized spacial score (nSPS) is 30.8. The average molecular weight is 328 g/mol. The summed E-state index contributed by atoms with van der Waals surface area (Å²) in [5.74, 6) is 2.30. The number of carbonyl (C=O) groups is 1. The van der Waals surface area contributed by atoms with E-state index in [0.717, 1.165) is 38.7 Å². The molecule has 3 atom stereocenters. The molecule has 1 aromatic heterocycles. The molecular weight excluding hydrogens is 304 g/mol. The van der Waals surface area contributed by atoms with Crippen LogP contribution in [0, 0.1) is 23.7 Å². The Labute approximate surface area is 142 Å². The Morgan fingerprint density at radius 1 is 1.29 bits per heavy atom. The zero-order chi connectivity index (χ0) is 16.1. The minimum atomic E-state index is 0.221. The van der Waals surface area contributed by atoms with Gasteiger partial charge in [0, 0.05) is 38.0 Å². The Morgan fingerprint density at radius 2 is 2.12 bits per heavy atom. The molecule has 5 rings (SSSR count). The third-order valence-electron chi connectivity index (χ3n) is 6.09. The predicted octanol–water partition coefficient (Wildman–Crippen LogP) is 1.79. The van der Waals surface area contributed by atoms with Gasteiger partial charge in [0.15, 0.2) is 0 Å². The molecule has 0 radical (unpaired) electrons. The van der Waals surface area contributed by atoms with E-state index in [4.69, 9.17) is 9.47 Å². The lowest BCUT2D eigenvalue weighted by atomic mass is 9.97. The van der Waals surface area contributed by atoms with Crippen LogP contribution in [-0.4, -0.2) is 42.2 Å². The minimum absolute atomic E-state index is 0.221. The van der Waals surface area contributed by atoms with E-state index >= 15 is 0 Å². The van der Waals surface area contributed by atoms with Crippen LogP contribution < -0.4 is 0 Å². The monoisotopic (exact) mass is 328 g/mol. The van der Waals surface area contributed by atoms with Crippen LogP contribution in [0.3, 0.4) is 0 Å². The van der Waals surface area contributed by atoms with Gasteiger partial charge in [-0.2, -0.15) is 0 Å². The summed E-state index contributed by atoms with van der Waals surface area (Å²) in [6, 6.07) is 0. The van der Waals surface area contributed by atoms with Crippen LogP contribution in [-0.2, 0) is 33.8 Å². The molecule has 0 spiro atoms. The SMILES string of the molecule is O=C(C1[C@H]2COC[C@@H]12)N1CCc2c(COCC3CC3)cncc2C1. The first-order chi connectivity index (χ1) is 11.8. The predicted molar refractivity (Wildman–Crippen MR) is 87.0 cm³/mol. The number of fused-ring (bicyclic) bond motifs is 2. The maximum atomic E-state index is 12.7. The Bertz CT molecular complexity index is 648. The molecule has 1 unspecified atom stereocenters. The third kappa shape index (κ3) is 2.64. The van der Waals surface area contributed by atoms with E-state index in [1.54, 1.807) is 0 Å². The lowest BCUT2D eigenvalue weighted by molar-refractivity contribution is -0.135. The maximum absolute atomic E-state index is 12.7. The van der Waals surface area contributed by atoms with Gasteiger partial charge < -0.3 is 14.4 Å². The van der Waals surface area contributed by atoms with Crippen molar-refractivity contribution in [3.63, 3.8) is 0 Å². The Kier molecular flexibility index (Phi) is 3.60. The maximum Gasteiger partial charge on any atom is 0.226 e. The van der Waals surface area contributed by atoms with Gasteiger partial charge in [-0.25, -0.2) is 0 Å². The lowest BCUT2D eigenvalue weighted by Gasteiger charge is -2.30. The van der Waals surface area contributed by atoms with Crippen molar-refractivity contribution in [1.82, 2.24) is 9.88 Å². The number of hydrogen-bond acceptors (Lipinski definition) is 4. The van der Waals surface area contributed by atoms with Crippen LogP contribution in [0.1, 0.15) is 29.5 Å². The highest BCUT2D eigenvalue weighted by Gasteiger charge is 2.59. The molecule has 0 N–H and O–H groups in total. The number of ether oxygens (including phenoxy) is 2. The molecular formula is C19H24N2O3. The highest BCUT2D eigenvalue weighted by Crippen LogP contribution is 2.51. The van der Waals surface area contributed by atoms with Gasteiger partial charge in [0.25, 0.3) is 0 Å². The first-order valence-corrected chi connectivity index (χ1v) is 9.20. The quantitative estimate of drug-likeness (QED) is 0.827. The van der Waals surface area contributed by atoms with Crippen LogP contribution in [0.2, 0.25) is 0 Å². The average Bonchev–Trinajstić information content (AvgIpc) is 3.52. The minimum Gasteiger partial charge on any atom is -0.381 e. The highest BCUT2D eigenvalue weighted by atomic mass is 16.5. The number of hydrogen-bond donors (Lipinski definition) is 0. The van der Waals surface area contributed by atoms with Crippen molar-refractivity contribution in [2.45, 2.75) is 32.4 Å². The first kappa shape index (κ1) is 14.8. The molecule has 5 heteroatoms. The van der Waals surface area contributed by atoms with Crippen LogP contribution in [0.15, 0.2) is 12.4 Å². The molecule has 0 bridgehead atoms. The number of aromatic nitrogens is 1.